The van der Waals surface area contributed by atoms with Gasteiger partial charge in [0.1, 0.15) is 17.0 Å². The van der Waals surface area contributed by atoms with Crippen molar-refractivity contribution in [1.82, 2.24) is 9.78 Å². The Morgan fingerprint density at radius 3 is 2.48 bits per heavy atom. The monoisotopic (exact) mass is 371 g/mol. The van der Waals surface area contributed by atoms with Gasteiger partial charge in [-0.1, -0.05) is 24.3 Å². The van der Waals surface area contributed by atoms with Crippen molar-refractivity contribution in [1.29, 1.82) is 5.26 Å². The summed E-state index contributed by atoms with van der Waals surface area (Å²) in [5.74, 6) is -0.117. The highest BCUT2D eigenvalue weighted by Gasteiger charge is 2.21. The maximum absolute atomic E-state index is 12.8. The van der Waals surface area contributed by atoms with E-state index in [1.54, 1.807) is 35.1 Å². The van der Waals surface area contributed by atoms with E-state index in [0.717, 1.165) is 10.6 Å². The number of aromatic nitrogens is 2. The molecule has 0 unspecified atom stereocenters. The summed E-state index contributed by atoms with van der Waals surface area (Å²) in [5.41, 5.74) is 2.32. The van der Waals surface area contributed by atoms with E-state index in [4.69, 9.17) is 10.00 Å². The Bertz CT molecular complexity index is 1110. The number of rotatable bonds is 4. The maximum atomic E-state index is 12.8. The minimum atomic E-state index is -0.495. The number of hydrogen-bond acceptors (Lipinski definition) is 5. The molecule has 0 fully saturated rings. The second kappa shape index (κ2) is 7.28. The van der Waals surface area contributed by atoms with Crippen molar-refractivity contribution < 1.29 is 9.53 Å². The SMILES string of the molecule is N#Cc1ccc(OC(=O)c2cn(-c3ccccc3)nc2-c2cccs2)cc1. The summed E-state index contributed by atoms with van der Waals surface area (Å²) in [6.07, 6.45) is 1.68. The Hall–Kier alpha value is -3.69. The number of benzene rings is 2. The minimum Gasteiger partial charge on any atom is -0.423 e. The smallest absolute Gasteiger partial charge is 0.347 e. The molecule has 0 amide bonds. The Labute approximate surface area is 159 Å². The van der Waals surface area contributed by atoms with Crippen molar-refractivity contribution in [3.63, 3.8) is 0 Å². The van der Waals surface area contributed by atoms with Gasteiger partial charge in [-0.15, -0.1) is 11.3 Å². The summed E-state index contributed by atoms with van der Waals surface area (Å²) >= 11 is 1.51. The molecule has 0 aliphatic heterocycles. The molecule has 130 valence electrons. The highest BCUT2D eigenvalue weighted by atomic mass is 32.1. The van der Waals surface area contributed by atoms with Crippen molar-refractivity contribution >= 4 is 17.3 Å². The molecule has 2 aromatic carbocycles. The largest absolute Gasteiger partial charge is 0.423 e. The third-order valence-corrected chi connectivity index (χ3v) is 4.78. The first-order valence-corrected chi connectivity index (χ1v) is 9.04. The van der Waals surface area contributed by atoms with Gasteiger partial charge < -0.3 is 4.74 Å². The zero-order valence-electron chi connectivity index (χ0n) is 14.1. The van der Waals surface area contributed by atoms with Gasteiger partial charge in [0.05, 0.1) is 22.2 Å². The lowest BCUT2D eigenvalue weighted by atomic mass is 10.2. The molecule has 0 bridgehead atoms. The van der Waals surface area contributed by atoms with Gasteiger partial charge in [-0.25, -0.2) is 9.48 Å². The summed E-state index contributed by atoms with van der Waals surface area (Å²) in [5, 5.41) is 15.4. The van der Waals surface area contributed by atoms with Gasteiger partial charge >= 0.3 is 5.97 Å². The van der Waals surface area contributed by atoms with Crippen molar-refractivity contribution in [2.45, 2.75) is 0 Å². The van der Waals surface area contributed by atoms with E-state index in [1.165, 1.54) is 11.3 Å². The average molecular weight is 371 g/mol. The maximum Gasteiger partial charge on any atom is 0.347 e. The van der Waals surface area contributed by atoms with Crippen LogP contribution in [-0.4, -0.2) is 15.7 Å². The average Bonchev–Trinajstić information content (AvgIpc) is 3.39. The lowest BCUT2D eigenvalue weighted by molar-refractivity contribution is 0.0735. The third-order valence-electron chi connectivity index (χ3n) is 3.90. The molecule has 0 aliphatic carbocycles. The van der Waals surface area contributed by atoms with Crippen LogP contribution in [0.5, 0.6) is 5.75 Å². The Balaban J connectivity index is 1.70. The fourth-order valence-corrected chi connectivity index (χ4v) is 3.31. The van der Waals surface area contributed by atoms with Crippen LogP contribution in [0.4, 0.5) is 0 Å². The zero-order valence-corrected chi connectivity index (χ0v) is 14.9. The van der Waals surface area contributed by atoms with Gasteiger partial charge in [0, 0.05) is 6.20 Å². The fourth-order valence-electron chi connectivity index (χ4n) is 2.59. The van der Waals surface area contributed by atoms with Gasteiger partial charge in [-0.05, 0) is 47.8 Å². The summed E-state index contributed by atoms with van der Waals surface area (Å²) in [6, 6.07) is 21.9. The lowest BCUT2D eigenvalue weighted by Crippen LogP contribution is -2.08. The second-order valence-corrected chi connectivity index (χ2v) is 6.62. The van der Waals surface area contributed by atoms with Crippen molar-refractivity contribution in [2.75, 3.05) is 0 Å². The summed E-state index contributed by atoms with van der Waals surface area (Å²) in [6.45, 7) is 0. The fraction of sp³-hybridized carbons (Fsp3) is 0. The van der Waals surface area contributed by atoms with Gasteiger partial charge in [0.2, 0.25) is 0 Å². The zero-order chi connectivity index (χ0) is 18.6. The predicted molar refractivity (Wildman–Crippen MR) is 103 cm³/mol. The topological polar surface area (TPSA) is 67.9 Å². The molecule has 0 saturated heterocycles. The number of thiophene rings is 1. The van der Waals surface area contributed by atoms with E-state index in [2.05, 4.69) is 5.10 Å². The standard InChI is InChI=1S/C21H13N3O2S/c22-13-15-8-10-17(11-9-15)26-21(25)18-14-24(16-5-2-1-3-6-16)23-20(18)19-7-4-12-27-19/h1-12,14H. The van der Waals surface area contributed by atoms with E-state index in [-0.39, 0.29) is 0 Å². The second-order valence-electron chi connectivity index (χ2n) is 5.67. The number of ether oxygens (including phenoxy) is 1. The first-order chi connectivity index (χ1) is 13.2. The molecule has 0 N–H and O–H groups in total. The number of esters is 1. The predicted octanol–water partition coefficient (Wildman–Crippen LogP) is 4.69. The van der Waals surface area contributed by atoms with Crippen LogP contribution in [0.15, 0.2) is 78.3 Å². The highest BCUT2D eigenvalue weighted by molar-refractivity contribution is 7.13. The normalized spacial score (nSPS) is 10.3. The molecule has 6 heteroatoms. The molecule has 0 atom stereocenters. The molecule has 0 saturated carbocycles. The molecule has 0 aliphatic rings. The van der Waals surface area contributed by atoms with Gasteiger partial charge in [-0.3, -0.25) is 0 Å². The lowest BCUT2D eigenvalue weighted by Gasteiger charge is -2.03. The van der Waals surface area contributed by atoms with Crippen LogP contribution in [0.25, 0.3) is 16.3 Å². The number of carbonyl (C=O) groups excluding carboxylic acids is 1. The first kappa shape index (κ1) is 16.8. The van der Waals surface area contributed by atoms with Crippen molar-refractivity contribution in [2.24, 2.45) is 0 Å². The third kappa shape index (κ3) is 3.50. The van der Waals surface area contributed by atoms with E-state index in [9.17, 15) is 4.79 Å². The Morgan fingerprint density at radius 1 is 1.04 bits per heavy atom. The molecule has 4 rings (SSSR count). The molecule has 2 heterocycles. The first-order valence-electron chi connectivity index (χ1n) is 8.16. The van der Waals surface area contributed by atoms with Crippen molar-refractivity contribution in [3.05, 3.63) is 89.4 Å². The summed E-state index contributed by atoms with van der Waals surface area (Å²) < 4.78 is 7.16. The number of nitrogens with zero attached hydrogens (tertiary/aromatic N) is 3. The van der Waals surface area contributed by atoms with Gasteiger partial charge in [0.15, 0.2) is 0 Å². The molecule has 0 spiro atoms. The van der Waals surface area contributed by atoms with E-state index in [1.807, 2.05) is 53.9 Å². The Morgan fingerprint density at radius 2 is 1.81 bits per heavy atom. The van der Waals surface area contributed by atoms with Crippen LogP contribution >= 0.6 is 11.3 Å². The van der Waals surface area contributed by atoms with Crippen LogP contribution < -0.4 is 4.74 Å². The van der Waals surface area contributed by atoms with Crippen LogP contribution in [0.1, 0.15) is 15.9 Å². The van der Waals surface area contributed by atoms with E-state index in [0.29, 0.717) is 22.6 Å². The molecule has 2 aromatic heterocycles. The van der Waals surface area contributed by atoms with Crippen LogP contribution in [0, 0.1) is 11.3 Å². The molecule has 5 nitrogen and oxygen atoms in total. The van der Waals surface area contributed by atoms with Gasteiger partial charge in [-0.2, -0.15) is 10.4 Å². The highest BCUT2D eigenvalue weighted by Crippen LogP contribution is 2.28. The van der Waals surface area contributed by atoms with Gasteiger partial charge in [0.25, 0.3) is 0 Å². The minimum absolute atomic E-state index is 0.378. The number of nitriles is 1. The van der Waals surface area contributed by atoms with Crippen molar-refractivity contribution in [3.8, 4) is 28.1 Å². The number of para-hydroxylation sites is 1. The van der Waals surface area contributed by atoms with Crippen LogP contribution in [0.2, 0.25) is 0 Å². The molecule has 0 radical (unpaired) electrons. The molecule has 27 heavy (non-hydrogen) atoms. The Kier molecular flexibility index (Phi) is 4.52. The van der Waals surface area contributed by atoms with E-state index >= 15 is 0 Å². The number of carbonyl (C=O) groups is 1. The quantitative estimate of drug-likeness (QED) is 0.385. The van der Waals surface area contributed by atoms with Crippen LogP contribution in [0.3, 0.4) is 0 Å². The number of hydrogen-bond donors (Lipinski definition) is 0. The molecular formula is C21H13N3O2S. The molecular weight excluding hydrogens is 358 g/mol. The molecule has 4 aromatic rings. The van der Waals surface area contributed by atoms with E-state index < -0.39 is 5.97 Å². The summed E-state index contributed by atoms with van der Waals surface area (Å²) in [7, 11) is 0. The van der Waals surface area contributed by atoms with Crippen LogP contribution in [-0.2, 0) is 0 Å². The summed E-state index contributed by atoms with van der Waals surface area (Å²) in [4.78, 5) is 13.7.